The van der Waals surface area contributed by atoms with Crippen LogP contribution in [-0.2, 0) is 10.2 Å². The molecule has 0 atom stereocenters. The molecular weight excluding hydrogens is 448 g/mol. The Kier molecular flexibility index (Phi) is 7.49. The highest BCUT2D eigenvalue weighted by Gasteiger charge is 2.16. The molecule has 0 aliphatic carbocycles. The van der Waals surface area contributed by atoms with E-state index in [1.165, 1.54) is 12.8 Å². The van der Waals surface area contributed by atoms with Crippen molar-refractivity contribution < 1.29 is 9.53 Å². The van der Waals surface area contributed by atoms with E-state index < -0.39 is 6.09 Å². The number of benzene rings is 1. The molecule has 0 radical (unpaired) electrons. The molecule has 4 rings (SSSR count). The largest absolute Gasteiger partial charge is 0.448 e. The zero-order valence-electron chi connectivity index (χ0n) is 20.0. The van der Waals surface area contributed by atoms with E-state index in [2.05, 4.69) is 53.1 Å². The number of pyridine rings is 2. The number of halogens is 1. The highest BCUT2D eigenvalue weighted by Crippen LogP contribution is 2.33. The summed E-state index contributed by atoms with van der Waals surface area (Å²) in [5.74, 6) is 0. The molecule has 3 aromatic rings. The van der Waals surface area contributed by atoms with Gasteiger partial charge in [-0.2, -0.15) is 0 Å². The number of carbonyl (C=O) groups is 1. The Hall–Kier alpha value is -2.96. The molecule has 1 fully saturated rings. The van der Waals surface area contributed by atoms with Gasteiger partial charge in [0.1, 0.15) is 6.61 Å². The number of aromatic nitrogens is 2. The molecule has 1 amide bonds. The Labute approximate surface area is 206 Å². The molecule has 1 aliphatic heterocycles. The topological polar surface area (TPSA) is 67.3 Å². The lowest BCUT2D eigenvalue weighted by molar-refractivity contribution is 0.146. The molecule has 3 heterocycles. The van der Waals surface area contributed by atoms with Gasteiger partial charge in [0.2, 0.25) is 0 Å². The summed E-state index contributed by atoms with van der Waals surface area (Å²) >= 11 is 6.58. The Morgan fingerprint density at radius 2 is 1.82 bits per heavy atom. The van der Waals surface area contributed by atoms with Gasteiger partial charge in [0, 0.05) is 58.6 Å². The van der Waals surface area contributed by atoms with Gasteiger partial charge in [-0.3, -0.25) is 20.2 Å². The standard InChI is InChI=1S/C27H31ClN4O2/c1-27(2,3)25-15-19(8-9-30-25)20-14-21(18-29-17-20)23-7-6-22(16-24(23)28)31-26(33)34-13-12-32-10-4-5-11-32/h6-9,14-18H,4-5,10-13H2,1-3H3,(H,31,33). The minimum absolute atomic E-state index is 0.0392. The van der Waals surface area contributed by atoms with E-state index in [1.54, 1.807) is 12.3 Å². The van der Waals surface area contributed by atoms with Crippen LogP contribution in [0.15, 0.2) is 55.0 Å². The predicted octanol–water partition coefficient (Wildman–Crippen LogP) is 6.41. The summed E-state index contributed by atoms with van der Waals surface area (Å²) in [6, 6.07) is 11.6. The summed E-state index contributed by atoms with van der Waals surface area (Å²) in [6.45, 7) is 9.74. The molecule has 0 unspecified atom stereocenters. The van der Waals surface area contributed by atoms with Crippen LogP contribution in [0.2, 0.25) is 5.02 Å². The molecule has 0 saturated carbocycles. The van der Waals surface area contributed by atoms with E-state index in [4.69, 9.17) is 16.3 Å². The van der Waals surface area contributed by atoms with E-state index in [0.29, 0.717) is 17.3 Å². The van der Waals surface area contributed by atoms with Crippen molar-refractivity contribution in [1.29, 1.82) is 0 Å². The van der Waals surface area contributed by atoms with Crippen molar-refractivity contribution in [3.63, 3.8) is 0 Å². The van der Waals surface area contributed by atoms with Gasteiger partial charge < -0.3 is 4.74 Å². The summed E-state index contributed by atoms with van der Waals surface area (Å²) in [5.41, 5.74) is 5.36. The fraction of sp³-hybridized carbons (Fsp3) is 0.370. The predicted molar refractivity (Wildman–Crippen MR) is 137 cm³/mol. The van der Waals surface area contributed by atoms with Crippen molar-refractivity contribution in [3.8, 4) is 22.3 Å². The van der Waals surface area contributed by atoms with Crippen LogP contribution >= 0.6 is 11.6 Å². The smallest absolute Gasteiger partial charge is 0.411 e. The van der Waals surface area contributed by atoms with Crippen molar-refractivity contribution >= 4 is 23.4 Å². The minimum atomic E-state index is -0.473. The lowest BCUT2D eigenvalue weighted by atomic mass is 9.90. The van der Waals surface area contributed by atoms with E-state index >= 15 is 0 Å². The van der Waals surface area contributed by atoms with E-state index in [9.17, 15) is 4.79 Å². The molecule has 2 aromatic heterocycles. The van der Waals surface area contributed by atoms with Crippen LogP contribution in [-0.4, -0.2) is 47.2 Å². The summed E-state index contributed by atoms with van der Waals surface area (Å²) in [6.07, 6.45) is 7.43. The summed E-state index contributed by atoms with van der Waals surface area (Å²) in [5, 5.41) is 3.28. The average molecular weight is 479 g/mol. The number of anilines is 1. The highest BCUT2D eigenvalue weighted by molar-refractivity contribution is 6.33. The number of nitrogens with zero attached hydrogens (tertiary/aromatic N) is 3. The fourth-order valence-electron chi connectivity index (χ4n) is 4.02. The number of hydrogen-bond donors (Lipinski definition) is 1. The fourth-order valence-corrected chi connectivity index (χ4v) is 4.31. The van der Waals surface area contributed by atoms with Crippen molar-refractivity contribution in [2.75, 3.05) is 31.6 Å². The molecule has 1 saturated heterocycles. The molecule has 6 nitrogen and oxygen atoms in total. The minimum Gasteiger partial charge on any atom is -0.448 e. The molecule has 1 N–H and O–H groups in total. The summed E-state index contributed by atoms with van der Waals surface area (Å²) in [4.78, 5) is 23.4. The number of carbonyl (C=O) groups excluding carboxylic acids is 1. The van der Waals surface area contributed by atoms with Crippen molar-refractivity contribution in [3.05, 3.63) is 65.7 Å². The SMILES string of the molecule is CC(C)(C)c1cc(-c2cncc(-c3ccc(NC(=O)OCCN4CCCC4)cc3Cl)c2)ccn1. The third-order valence-corrected chi connectivity index (χ3v) is 6.28. The second-order valence-electron chi connectivity index (χ2n) is 9.65. The van der Waals surface area contributed by atoms with Gasteiger partial charge in [-0.25, -0.2) is 4.79 Å². The molecular formula is C27H31ClN4O2. The van der Waals surface area contributed by atoms with Crippen molar-refractivity contribution in [2.45, 2.75) is 39.0 Å². The number of ether oxygens (including phenoxy) is 1. The second kappa shape index (κ2) is 10.5. The Morgan fingerprint density at radius 3 is 2.56 bits per heavy atom. The highest BCUT2D eigenvalue weighted by atomic mass is 35.5. The van der Waals surface area contributed by atoms with Crippen LogP contribution < -0.4 is 5.32 Å². The van der Waals surface area contributed by atoms with Crippen molar-refractivity contribution in [1.82, 2.24) is 14.9 Å². The first kappa shape index (κ1) is 24.2. The van der Waals surface area contributed by atoms with E-state index in [-0.39, 0.29) is 5.41 Å². The number of likely N-dealkylation sites (tertiary alicyclic amines) is 1. The lowest BCUT2D eigenvalue weighted by Crippen LogP contribution is -2.26. The van der Waals surface area contributed by atoms with Crippen LogP contribution in [0, 0.1) is 0 Å². The molecule has 7 heteroatoms. The maximum atomic E-state index is 12.1. The average Bonchev–Trinajstić information content (AvgIpc) is 3.32. The maximum absolute atomic E-state index is 12.1. The third-order valence-electron chi connectivity index (χ3n) is 5.97. The van der Waals surface area contributed by atoms with Gasteiger partial charge in [0.05, 0.1) is 5.02 Å². The first-order chi connectivity index (χ1) is 16.3. The first-order valence-electron chi connectivity index (χ1n) is 11.7. The Bertz CT molecular complexity index is 1150. The van der Waals surface area contributed by atoms with Crippen LogP contribution in [0.3, 0.4) is 0 Å². The van der Waals surface area contributed by atoms with Crippen LogP contribution in [0.1, 0.15) is 39.3 Å². The number of rotatable bonds is 6. The van der Waals surface area contributed by atoms with Gasteiger partial charge in [-0.15, -0.1) is 0 Å². The number of nitrogens with one attached hydrogen (secondary N) is 1. The molecule has 0 bridgehead atoms. The van der Waals surface area contributed by atoms with Crippen LogP contribution in [0.25, 0.3) is 22.3 Å². The molecule has 1 aromatic carbocycles. The third kappa shape index (κ3) is 6.13. The van der Waals surface area contributed by atoms with E-state index in [0.717, 1.165) is 47.6 Å². The van der Waals surface area contributed by atoms with Crippen LogP contribution in [0.5, 0.6) is 0 Å². The second-order valence-corrected chi connectivity index (χ2v) is 10.1. The summed E-state index contributed by atoms with van der Waals surface area (Å²) in [7, 11) is 0. The van der Waals surface area contributed by atoms with Gasteiger partial charge in [-0.05, 0) is 61.8 Å². The molecule has 34 heavy (non-hydrogen) atoms. The Morgan fingerprint density at radius 1 is 1.06 bits per heavy atom. The summed E-state index contributed by atoms with van der Waals surface area (Å²) < 4.78 is 5.31. The van der Waals surface area contributed by atoms with E-state index in [1.807, 2.05) is 30.6 Å². The number of amides is 1. The first-order valence-corrected chi connectivity index (χ1v) is 12.1. The van der Waals surface area contributed by atoms with Gasteiger partial charge in [0.15, 0.2) is 0 Å². The number of hydrogen-bond acceptors (Lipinski definition) is 5. The monoisotopic (exact) mass is 478 g/mol. The molecule has 1 aliphatic rings. The normalized spacial score (nSPS) is 14.2. The lowest BCUT2D eigenvalue weighted by Gasteiger charge is -2.18. The van der Waals surface area contributed by atoms with Gasteiger partial charge >= 0.3 is 6.09 Å². The molecule has 178 valence electrons. The van der Waals surface area contributed by atoms with Crippen LogP contribution in [0.4, 0.5) is 10.5 Å². The van der Waals surface area contributed by atoms with Gasteiger partial charge in [0.25, 0.3) is 0 Å². The maximum Gasteiger partial charge on any atom is 0.411 e. The zero-order valence-corrected chi connectivity index (χ0v) is 20.7. The molecule has 0 spiro atoms. The zero-order chi connectivity index (χ0) is 24.1. The quantitative estimate of drug-likeness (QED) is 0.443. The Balaban J connectivity index is 1.44. The van der Waals surface area contributed by atoms with Crippen molar-refractivity contribution in [2.24, 2.45) is 0 Å². The van der Waals surface area contributed by atoms with Gasteiger partial charge in [-0.1, -0.05) is 38.4 Å².